The Kier molecular flexibility index (Phi) is 4.37. The minimum atomic E-state index is -0.909. The number of rotatable bonds is 6. The highest BCUT2D eigenvalue weighted by Crippen LogP contribution is 2.27. The third kappa shape index (κ3) is 2.87. The van der Waals surface area contributed by atoms with Crippen LogP contribution < -0.4 is 4.90 Å². The number of aryl methyl sites for hydroxylation is 2. The van der Waals surface area contributed by atoms with Gasteiger partial charge in [-0.2, -0.15) is 0 Å². The van der Waals surface area contributed by atoms with Gasteiger partial charge in [0.05, 0.1) is 6.61 Å². The molecule has 0 atom stereocenters. The van der Waals surface area contributed by atoms with Crippen LogP contribution in [0.25, 0.3) is 0 Å². The predicted octanol–water partition coefficient (Wildman–Crippen LogP) is 1.74. The highest BCUT2D eigenvalue weighted by atomic mass is 16.5. The fourth-order valence-corrected chi connectivity index (χ4v) is 2.47. The van der Waals surface area contributed by atoms with Crippen LogP contribution in [0.1, 0.15) is 35.0 Å². The molecule has 104 valence electrons. The van der Waals surface area contributed by atoms with E-state index in [0.29, 0.717) is 24.5 Å². The Bertz CT molecular complexity index is 474. The van der Waals surface area contributed by atoms with Crippen LogP contribution in [0, 0.1) is 0 Å². The number of likely N-dealkylation sites (N-methyl/N-ethyl adjacent to an activating group) is 1. The second-order valence-corrected chi connectivity index (χ2v) is 4.70. The number of carbonyl (C=O) groups is 1. The normalized spacial score (nSPS) is 13.4. The molecular weight excluding hydrogens is 244 g/mol. The molecule has 2 rings (SSSR count). The van der Waals surface area contributed by atoms with E-state index in [9.17, 15) is 9.90 Å². The lowest BCUT2D eigenvalue weighted by Gasteiger charge is -2.24. The smallest absolute Gasteiger partial charge is 0.339 e. The van der Waals surface area contributed by atoms with Gasteiger partial charge in [0.25, 0.3) is 0 Å². The van der Waals surface area contributed by atoms with Crippen LogP contribution in [0.15, 0.2) is 6.07 Å². The van der Waals surface area contributed by atoms with Gasteiger partial charge in [0.2, 0.25) is 0 Å². The molecule has 19 heavy (non-hydrogen) atoms. The second kappa shape index (κ2) is 6.02. The highest BCUT2D eigenvalue weighted by molar-refractivity contribution is 5.93. The zero-order valence-electron chi connectivity index (χ0n) is 11.5. The molecule has 0 saturated carbocycles. The van der Waals surface area contributed by atoms with Gasteiger partial charge < -0.3 is 14.7 Å². The zero-order chi connectivity index (χ0) is 13.8. The summed E-state index contributed by atoms with van der Waals surface area (Å²) in [5.74, 6) is -0.333. The summed E-state index contributed by atoms with van der Waals surface area (Å²) in [6.07, 6.45) is 2.95. The van der Waals surface area contributed by atoms with E-state index in [-0.39, 0.29) is 0 Å². The topological polar surface area (TPSA) is 62.7 Å². The number of nitrogens with zero attached hydrogens (tertiary/aromatic N) is 2. The zero-order valence-corrected chi connectivity index (χ0v) is 11.5. The standard InChI is InChI=1S/C14H20N2O3/c1-3-16(7-8-19-2)13-11(14(17)18)9-10-5-4-6-12(10)15-13/h9H,3-8H2,1-2H3,(H,17,18). The van der Waals surface area contributed by atoms with Crippen molar-refractivity contribution in [3.8, 4) is 0 Å². The number of anilines is 1. The van der Waals surface area contributed by atoms with Gasteiger partial charge in [-0.05, 0) is 37.8 Å². The average Bonchev–Trinajstić information content (AvgIpc) is 2.85. The van der Waals surface area contributed by atoms with E-state index in [1.165, 1.54) is 0 Å². The Morgan fingerprint density at radius 3 is 2.95 bits per heavy atom. The first kappa shape index (κ1) is 13.8. The largest absolute Gasteiger partial charge is 0.478 e. The van der Waals surface area contributed by atoms with Crippen LogP contribution in [0.2, 0.25) is 0 Å². The van der Waals surface area contributed by atoms with Crippen LogP contribution in [-0.4, -0.2) is 42.9 Å². The summed E-state index contributed by atoms with van der Waals surface area (Å²) in [6.45, 7) is 3.93. The number of fused-ring (bicyclic) bond motifs is 1. The highest BCUT2D eigenvalue weighted by Gasteiger charge is 2.22. The molecule has 5 nitrogen and oxygen atoms in total. The number of aromatic nitrogens is 1. The van der Waals surface area contributed by atoms with Crippen molar-refractivity contribution in [2.24, 2.45) is 0 Å². The number of aromatic carboxylic acids is 1. The van der Waals surface area contributed by atoms with E-state index in [1.807, 2.05) is 11.8 Å². The number of hydrogen-bond acceptors (Lipinski definition) is 4. The second-order valence-electron chi connectivity index (χ2n) is 4.70. The Morgan fingerprint density at radius 1 is 1.53 bits per heavy atom. The fraction of sp³-hybridized carbons (Fsp3) is 0.571. The van der Waals surface area contributed by atoms with Crippen LogP contribution in [0.3, 0.4) is 0 Å². The molecule has 1 aromatic rings. The van der Waals surface area contributed by atoms with Gasteiger partial charge in [0.15, 0.2) is 0 Å². The maximum Gasteiger partial charge on any atom is 0.339 e. The molecule has 5 heteroatoms. The molecule has 0 radical (unpaired) electrons. The molecule has 0 bridgehead atoms. The van der Waals surface area contributed by atoms with Gasteiger partial charge in [-0.15, -0.1) is 0 Å². The molecule has 0 fully saturated rings. The van der Waals surface area contributed by atoms with Crippen molar-refractivity contribution < 1.29 is 14.6 Å². The third-order valence-electron chi connectivity index (χ3n) is 3.51. The Hall–Kier alpha value is -1.62. The first-order chi connectivity index (χ1) is 9.17. The number of methoxy groups -OCH3 is 1. The van der Waals surface area contributed by atoms with Crippen LogP contribution in [0.5, 0.6) is 0 Å². The molecule has 1 heterocycles. The average molecular weight is 264 g/mol. The fourth-order valence-electron chi connectivity index (χ4n) is 2.47. The summed E-state index contributed by atoms with van der Waals surface area (Å²) in [7, 11) is 1.64. The minimum Gasteiger partial charge on any atom is -0.478 e. The lowest BCUT2D eigenvalue weighted by atomic mass is 10.1. The van der Waals surface area contributed by atoms with E-state index in [0.717, 1.165) is 37.1 Å². The summed E-state index contributed by atoms with van der Waals surface area (Å²) in [5, 5.41) is 9.37. The van der Waals surface area contributed by atoms with Crippen LogP contribution in [0.4, 0.5) is 5.82 Å². The minimum absolute atomic E-state index is 0.304. The lowest BCUT2D eigenvalue weighted by molar-refractivity contribution is 0.0697. The quantitative estimate of drug-likeness (QED) is 0.848. The monoisotopic (exact) mass is 264 g/mol. The molecule has 0 spiro atoms. The van der Waals surface area contributed by atoms with Crippen molar-refractivity contribution in [2.45, 2.75) is 26.2 Å². The molecule has 0 aliphatic heterocycles. The molecule has 1 N–H and O–H groups in total. The van der Waals surface area contributed by atoms with Crippen LogP contribution >= 0.6 is 0 Å². The molecule has 0 amide bonds. The molecule has 1 aromatic heterocycles. The number of pyridine rings is 1. The first-order valence-corrected chi connectivity index (χ1v) is 6.67. The van der Waals surface area contributed by atoms with Gasteiger partial charge in [0.1, 0.15) is 11.4 Å². The van der Waals surface area contributed by atoms with Gasteiger partial charge in [-0.1, -0.05) is 0 Å². The maximum atomic E-state index is 11.4. The van der Waals surface area contributed by atoms with Crippen LogP contribution in [-0.2, 0) is 17.6 Å². The molecule has 0 saturated heterocycles. The van der Waals surface area contributed by atoms with Crippen molar-refractivity contribution >= 4 is 11.8 Å². The van der Waals surface area contributed by atoms with Gasteiger partial charge in [-0.25, -0.2) is 9.78 Å². The Labute approximate surface area is 113 Å². The number of hydrogen-bond donors (Lipinski definition) is 1. The molecule has 1 aliphatic carbocycles. The molecule has 0 aromatic carbocycles. The maximum absolute atomic E-state index is 11.4. The van der Waals surface area contributed by atoms with Gasteiger partial charge in [0, 0.05) is 25.9 Å². The molecule has 0 unspecified atom stereocenters. The summed E-state index contributed by atoms with van der Waals surface area (Å²) in [5.41, 5.74) is 2.44. The lowest BCUT2D eigenvalue weighted by Crippen LogP contribution is -2.29. The van der Waals surface area contributed by atoms with E-state index >= 15 is 0 Å². The van der Waals surface area contributed by atoms with E-state index < -0.39 is 5.97 Å². The van der Waals surface area contributed by atoms with Crippen molar-refractivity contribution in [3.05, 3.63) is 22.9 Å². The van der Waals surface area contributed by atoms with Gasteiger partial charge in [-0.3, -0.25) is 0 Å². The summed E-state index contributed by atoms with van der Waals surface area (Å²) in [4.78, 5) is 18.0. The summed E-state index contributed by atoms with van der Waals surface area (Å²) in [6, 6.07) is 1.79. The number of ether oxygens (including phenoxy) is 1. The van der Waals surface area contributed by atoms with Crippen molar-refractivity contribution in [2.75, 3.05) is 31.7 Å². The van der Waals surface area contributed by atoms with E-state index in [2.05, 4.69) is 4.98 Å². The molecule has 1 aliphatic rings. The predicted molar refractivity (Wildman–Crippen MR) is 73.0 cm³/mol. The third-order valence-corrected chi connectivity index (χ3v) is 3.51. The number of carboxylic acids is 1. The first-order valence-electron chi connectivity index (χ1n) is 6.67. The van der Waals surface area contributed by atoms with Crippen molar-refractivity contribution in [1.29, 1.82) is 0 Å². The SMILES string of the molecule is CCN(CCOC)c1nc2c(cc1C(=O)O)CCC2. The van der Waals surface area contributed by atoms with Crippen molar-refractivity contribution in [1.82, 2.24) is 4.98 Å². The molecular formula is C14H20N2O3. The van der Waals surface area contributed by atoms with E-state index in [1.54, 1.807) is 13.2 Å². The number of carboxylic acid groups (broad SMARTS) is 1. The summed E-state index contributed by atoms with van der Waals surface area (Å²) < 4.78 is 5.07. The Morgan fingerprint density at radius 2 is 2.32 bits per heavy atom. The Balaban J connectivity index is 2.38. The van der Waals surface area contributed by atoms with Gasteiger partial charge >= 0.3 is 5.97 Å². The van der Waals surface area contributed by atoms with E-state index in [4.69, 9.17) is 4.74 Å². The van der Waals surface area contributed by atoms with Crippen molar-refractivity contribution in [3.63, 3.8) is 0 Å². The summed E-state index contributed by atoms with van der Waals surface area (Å²) >= 11 is 0.